The van der Waals surface area contributed by atoms with Crippen LogP contribution < -0.4 is 15.4 Å². The van der Waals surface area contributed by atoms with Crippen molar-refractivity contribution >= 4 is 17.3 Å². The molecule has 4 rings (SSSR count). The van der Waals surface area contributed by atoms with Gasteiger partial charge in [-0.2, -0.15) is 0 Å². The second kappa shape index (κ2) is 11.4. The molecule has 1 aliphatic heterocycles. The first-order chi connectivity index (χ1) is 15.6. The molecule has 1 aromatic heterocycles. The smallest absolute Gasteiger partial charge is 0.143 e. The van der Waals surface area contributed by atoms with Gasteiger partial charge >= 0.3 is 0 Å². The predicted molar refractivity (Wildman–Crippen MR) is 135 cm³/mol. The molecule has 0 aliphatic carbocycles. The second-order valence-corrected chi connectivity index (χ2v) is 8.38. The summed E-state index contributed by atoms with van der Waals surface area (Å²) < 4.78 is 12.8. The van der Waals surface area contributed by atoms with Crippen molar-refractivity contribution in [3.05, 3.63) is 71.4 Å². The number of benzene rings is 2. The summed E-state index contributed by atoms with van der Waals surface area (Å²) in [5.41, 5.74) is 7.73. The molecule has 2 N–H and O–H groups in total. The van der Waals surface area contributed by atoms with E-state index in [-0.39, 0.29) is 5.60 Å². The quantitative estimate of drug-likeness (QED) is 0.406. The standard InChI is InChI=1S/C25H29ClN2O2.C2H6/c1-2-25(13-6-15-27)14-16-28(22-9-3-4-10-24(22)30-25)18-21-11-12-23(29-21)19-7-5-8-20(26)17-19;1-2/h3-5,7-12,17H,2,6,13-16,18,27H2,1H3;1-2H3. The molecule has 4 nitrogen and oxygen atoms in total. The van der Waals surface area contributed by atoms with Gasteiger partial charge in [0.1, 0.15) is 22.9 Å². The highest BCUT2D eigenvalue weighted by Crippen LogP contribution is 2.40. The Morgan fingerprint density at radius 1 is 1.06 bits per heavy atom. The monoisotopic (exact) mass is 454 g/mol. The van der Waals surface area contributed by atoms with Gasteiger partial charge in [0, 0.05) is 23.6 Å². The van der Waals surface area contributed by atoms with Gasteiger partial charge in [-0.05, 0) is 62.2 Å². The Bertz CT molecular complexity index is 987. The molecule has 32 heavy (non-hydrogen) atoms. The predicted octanol–water partition coefficient (Wildman–Crippen LogP) is 7.30. The van der Waals surface area contributed by atoms with Crippen molar-refractivity contribution in [2.24, 2.45) is 5.73 Å². The Balaban J connectivity index is 0.00000141. The number of fused-ring (bicyclic) bond motifs is 1. The number of nitrogens with two attached hydrogens (primary N) is 1. The molecule has 1 aliphatic rings. The molecule has 0 bridgehead atoms. The molecule has 2 heterocycles. The molecule has 1 unspecified atom stereocenters. The van der Waals surface area contributed by atoms with E-state index < -0.39 is 0 Å². The summed E-state index contributed by atoms with van der Waals surface area (Å²) in [5.74, 6) is 2.69. The first kappa shape index (κ1) is 24.2. The Hall–Kier alpha value is -2.43. The summed E-state index contributed by atoms with van der Waals surface area (Å²) in [7, 11) is 0. The van der Waals surface area contributed by atoms with Gasteiger partial charge in [-0.25, -0.2) is 0 Å². The SMILES string of the molecule is CC.CCC1(CCCN)CCN(Cc2ccc(-c3cccc(Cl)c3)o2)c2ccccc2O1. The highest BCUT2D eigenvalue weighted by molar-refractivity contribution is 6.30. The topological polar surface area (TPSA) is 51.6 Å². The van der Waals surface area contributed by atoms with Crippen LogP contribution in [0, 0.1) is 0 Å². The van der Waals surface area contributed by atoms with Crippen molar-refractivity contribution in [2.75, 3.05) is 18.0 Å². The number of nitrogens with zero attached hydrogens (tertiary/aromatic N) is 1. The second-order valence-electron chi connectivity index (χ2n) is 7.95. The highest BCUT2D eigenvalue weighted by atomic mass is 35.5. The molecule has 0 saturated carbocycles. The van der Waals surface area contributed by atoms with E-state index >= 15 is 0 Å². The fourth-order valence-electron chi connectivity index (χ4n) is 4.19. The third-order valence-electron chi connectivity index (χ3n) is 5.97. The lowest BCUT2D eigenvalue weighted by molar-refractivity contribution is 0.0517. The van der Waals surface area contributed by atoms with Crippen molar-refractivity contribution in [3.8, 4) is 17.1 Å². The third-order valence-corrected chi connectivity index (χ3v) is 6.20. The molecule has 3 aromatic rings. The Morgan fingerprint density at radius 2 is 1.88 bits per heavy atom. The molecule has 5 heteroatoms. The largest absolute Gasteiger partial charge is 0.485 e. The van der Waals surface area contributed by atoms with Crippen molar-refractivity contribution in [1.29, 1.82) is 0 Å². The lowest BCUT2D eigenvalue weighted by atomic mass is 9.90. The van der Waals surface area contributed by atoms with Crippen LogP contribution in [-0.2, 0) is 6.54 Å². The molecular weight excluding hydrogens is 420 g/mol. The van der Waals surface area contributed by atoms with Crippen molar-refractivity contribution in [2.45, 2.75) is 58.6 Å². The van der Waals surface area contributed by atoms with E-state index in [4.69, 9.17) is 26.5 Å². The van der Waals surface area contributed by atoms with Crippen LogP contribution in [0.25, 0.3) is 11.3 Å². The average Bonchev–Trinajstić information content (AvgIpc) is 3.24. The number of rotatable bonds is 7. The van der Waals surface area contributed by atoms with E-state index in [1.54, 1.807) is 0 Å². The lowest BCUT2D eigenvalue weighted by Gasteiger charge is -2.32. The zero-order chi connectivity index (χ0) is 23.0. The van der Waals surface area contributed by atoms with Crippen LogP contribution in [0.5, 0.6) is 5.75 Å². The number of hydrogen-bond donors (Lipinski definition) is 1. The molecule has 0 radical (unpaired) electrons. The van der Waals surface area contributed by atoms with Gasteiger partial charge in [0.15, 0.2) is 0 Å². The van der Waals surface area contributed by atoms with Gasteiger partial charge < -0.3 is 19.8 Å². The fraction of sp³-hybridized carbons (Fsp3) is 0.407. The van der Waals surface area contributed by atoms with Gasteiger partial charge in [-0.3, -0.25) is 0 Å². The van der Waals surface area contributed by atoms with E-state index in [1.165, 1.54) is 0 Å². The van der Waals surface area contributed by atoms with Crippen LogP contribution in [-0.4, -0.2) is 18.7 Å². The average molecular weight is 455 g/mol. The van der Waals surface area contributed by atoms with E-state index in [0.29, 0.717) is 18.1 Å². The molecule has 0 spiro atoms. The number of para-hydroxylation sites is 2. The molecule has 1 atom stereocenters. The summed E-state index contributed by atoms with van der Waals surface area (Å²) in [5, 5.41) is 0.706. The van der Waals surface area contributed by atoms with Crippen LogP contribution in [0.15, 0.2) is 65.1 Å². The molecule has 0 fully saturated rings. The van der Waals surface area contributed by atoms with E-state index in [0.717, 1.165) is 60.7 Å². The van der Waals surface area contributed by atoms with Gasteiger partial charge in [-0.1, -0.05) is 56.6 Å². The molecule has 0 saturated heterocycles. The van der Waals surface area contributed by atoms with E-state index in [1.807, 2.05) is 56.3 Å². The van der Waals surface area contributed by atoms with Gasteiger partial charge in [-0.15, -0.1) is 0 Å². The van der Waals surface area contributed by atoms with Gasteiger partial charge in [0.2, 0.25) is 0 Å². The Kier molecular flexibility index (Phi) is 8.66. The molecule has 2 aromatic carbocycles. The van der Waals surface area contributed by atoms with Crippen LogP contribution in [0.2, 0.25) is 5.02 Å². The maximum Gasteiger partial charge on any atom is 0.143 e. The van der Waals surface area contributed by atoms with Crippen molar-refractivity contribution in [1.82, 2.24) is 0 Å². The summed E-state index contributed by atoms with van der Waals surface area (Å²) >= 11 is 6.14. The normalized spacial score (nSPS) is 17.6. The Morgan fingerprint density at radius 3 is 2.62 bits per heavy atom. The van der Waals surface area contributed by atoms with Crippen molar-refractivity contribution in [3.63, 3.8) is 0 Å². The maximum absolute atomic E-state index is 6.61. The number of anilines is 1. The highest BCUT2D eigenvalue weighted by Gasteiger charge is 2.34. The van der Waals surface area contributed by atoms with Crippen LogP contribution in [0.4, 0.5) is 5.69 Å². The van der Waals surface area contributed by atoms with Crippen molar-refractivity contribution < 1.29 is 9.15 Å². The Labute approximate surface area is 197 Å². The van der Waals surface area contributed by atoms with Crippen LogP contribution >= 0.6 is 11.6 Å². The van der Waals surface area contributed by atoms with E-state index in [2.05, 4.69) is 30.0 Å². The fourth-order valence-corrected chi connectivity index (χ4v) is 4.38. The minimum absolute atomic E-state index is 0.167. The summed E-state index contributed by atoms with van der Waals surface area (Å²) in [6.07, 6.45) is 3.87. The number of halogens is 1. The zero-order valence-electron chi connectivity index (χ0n) is 19.4. The number of ether oxygens (including phenoxy) is 1. The summed E-state index contributed by atoms with van der Waals surface area (Å²) in [6, 6.07) is 20.1. The molecule has 0 amide bonds. The molecule has 172 valence electrons. The van der Waals surface area contributed by atoms with Crippen LogP contribution in [0.1, 0.15) is 52.2 Å². The zero-order valence-corrected chi connectivity index (χ0v) is 20.2. The van der Waals surface area contributed by atoms with E-state index in [9.17, 15) is 0 Å². The minimum Gasteiger partial charge on any atom is -0.485 e. The van der Waals surface area contributed by atoms with Gasteiger partial charge in [0.25, 0.3) is 0 Å². The first-order valence-electron chi connectivity index (χ1n) is 11.7. The first-order valence-corrected chi connectivity index (χ1v) is 12.1. The summed E-state index contributed by atoms with van der Waals surface area (Å²) in [6.45, 7) is 8.49. The third kappa shape index (κ3) is 5.67. The number of hydrogen-bond acceptors (Lipinski definition) is 4. The lowest BCUT2D eigenvalue weighted by Crippen LogP contribution is -2.37. The minimum atomic E-state index is -0.167. The number of furan rings is 1. The van der Waals surface area contributed by atoms with Crippen LogP contribution in [0.3, 0.4) is 0 Å². The summed E-state index contributed by atoms with van der Waals surface area (Å²) in [4.78, 5) is 2.36. The molecular formula is C27H35ClN2O2. The van der Waals surface area contributed by atoms with Gasteiger partial charge in [0.05, 0.1) is 12.2 Å². The maximum atomic E-state index is 6.61.